The molecule has 0 bridgehead atoms. The van der Waals surface area contributed by atoms with Gasteiger partial charge < -0.3 is 15.1 Å². The fraction of sp³-hybridized carbons (Fsp3) is 0.500. The second-order valence-corrected chi connectivity index (χ2v) is 4.90. The monoisotopic (exact) mass is 249 g/mol. The van der Waals surface area contributed by atoms with Crippen LogP contribution in [-0.4, -0.2) is 33.6 Å². The molecule has 0 aliphatic carbocycles. The van der Waals surface area contributed by atoms with Crippen molar-refractivity contribution in [3.05, 3.63) is 23.8 Å². The molecule has 4 nitrogen and oxygen atoms in total. The number of benzene rings is 1. The number of hydrogen-bond acceptors (Lipinski definition) is 3. The van der Waals surface area contributed by atoms with Gasteiger partial charge in [0, 0.05) is 12.6 Å². The van der Waals surface area contributed by atoms with Crippen LogP contribution in [0.5, 0.6) is 11.5 Å². The summed E-state index contributed by atoms with van der Waals surface area (Å²) in [6.07, 6.45) is 4.26. The molecule has 4 heteroatoms. The molecule has 2 N–H and O–H groups in total. The van der Waals surface area contributed by atoms with E-state index in [0.29, 0.717) is 0 Å². The highest BCUT2D eigenvalue weighted by atomic mass is 16.3. The van der Waals surface area contributed by atoms with Crippen molar-refractivity contribution >= 4 is 5.91 Å². The predicted molar refractivity (Wildman–Crippen MR) is 68.7 cm³/mol. The van der Waals surface area contributed by atoms with Gasteiger partial charge in [-0.25, -0.2) is 0 Å². The molecule has 0 saturated carbocycles. The van der Waals surface area contributed by atoms with Gasteiger partial charge in [0.25, 0.3) is 5.91 Å². The van der Waals surface area contributed by atoms with E-state index in [0.717, 1.165) is 32.2 Å². The number of amides is 1. The Hall–Kier alpha value is -1.71. The van der Waals surface area contributed by atoms with E-state index in [1.54, 1.807) is 4.90 Å². The summed E-state index contributed by atoms with van der Waals surface area (Å²) in [5, 5.41) is 19.2. The van der Waals surface area contributed by atoms with Gasteiger partial charge in [0.05, 0.1) is 5.56 Å². The third kappa shape index (κ3) is 2.58. The maximum atomic E-state index is 12.4. The van der Waals surface area contributed by atoms with Crippen LogP contribution in [0.2, 0.25) is 0 Å². The quantitative estimate of drug-likeness (QED) is 0.752. The zero-order chi connectivity index (χ0) is 13.1. The molecule has 2 rings (SSSR count). The Morgan fingerprint density at radius 3 is 2.83 bits per heavy atom. The van der Waals surface area contributed by atoms with Gasteiger partial charge in [0.1, 0.15) is 11.5 Å². The van der Waals surface area contributed by atoms with Crippen LogP contribution in [0.3, 0.4) is 0 Å². The van der Waals surface area contributed by atoms with Crippen LogP contribution in [-0.2, 0) is 0 Å². The van der Waals surface area contributed by atoms with Crippen LogP contribution in [0, 0.1) is 0 Å². The molecule has 18 heavy (non-hydrogen) atoms. The van der Waals surface area contributed by atoms with Crippen molar-refractivity contribution in [1.82, 2.24) is 4.90 Å². The van der Waals surface area contributed by atoms with Crippen LogP contribution < -0.4 is 0 Å². The standard InChI is InChI=1S/C14H19NO3/c1-10-5-3-2-4-8-15(10)14(18)12-9-11(16)6-7-13(12)17/h6-7,9-10,16-17H,2-5,8H2,1H3. The molecule has 1 aliphatic rings. The molecule has 1 aliphatic heterocycles. The molecule has 1 atom stereocenters. The van der Waals surface area contributed by atoms with Crippen molar-refractivity contribution in [2.45, 2.75) is 38.6 Å². The summed E-state index contributed by atoms with van der Waals surface area (Å²) in [6, 6.07) is 4.24. The highest BCUT2D eigenvalue weighted by molar-refractivity contribution is 5.97. The largest absolute Gasteiger partial charge is 0.508 e. The van der Waals surface area contributed by atoms with Crippen molar-refractivity contribution in [3.8, 4) is 11.5 Å². The Balaban J connectivity index is 2.26. The topological polar surface area (TPSA) is 60.8 Å². The fourth-order valence-electron chi connectivity index (χ4n) is 2.43. The summed E-state index contributed by atoms with van der Waals surface area (Å²) in [5.41, 5.74) is 0.184. The van der Waals surface area contributed by atoms with Crippen molar-refractivity contribution < 1.29 is 15.0 Å². The lowest BCUT2D eigenvalue weighted by Crippen LogP contribution is -2.38. The van der Waals surface area contributed by atoms with Gasteiger partial charge in [0.15, 0.2) is 0 Å². The molecule has 1 saturated heterocycles. The summed E-state index contributed by atoms with van der Waals surface area (Å²) in [7, 11) is 0. The first kappa shape index (κ1) is 12.7. The maximum absolute atomic E-state index is 12.4. The molecule has 1 fully saturated rings. The highest BCUT2D eigenvalue weighted by Gasteiger charge is 2.25. The lowest BCUT2D eigenvalue weighted by Gasteiger charge is -2.27. The molecule has 1 unspecified atom stereocenters. The second-order valence-electron chi connectivity index (χ2n) is 4.90. The van der Waals surface area contributed by atoms with Crippen LogP contribution in [0.1, 0.15) is 43.0 Å². The minimum absolute atomic E-state index is 0.00127. The lowest BCUT2D eigenvalue weighted by molar-refractivity contribution is 0.0694. The highest BCUT2D eigenvalue weighted by Crippen LogP contribution is 2.26. The van der Waals surface area contributed by atoms with Crippen molar-refractivity contribution in [2.75, 3.05) is 6.54 Å². The summed E-state index contributed by atoms with van der Waals surface area (Å²) < 4.78 is 0. The molecule has 1 heterocycles. The van der Waals surface area contributed by atoms with Gasteiger partial charge in [-0.2, -0.15) is 0 Å². The first-order valence-corrected chi connectivity index (χ1v) is 6.42. The van der Waals surface area contributed by atoms with E-state index in [9.17, 15) is 15.0 Å². The van der Waals surface area contributed by atoms with E-state index in [-0.39, 0.29) is 29.0 Å². The van der Waals surface area contributed by atoms with Crippen LogP contribution >= 0.6 is 0 Å². The van der Waals surface area contributed by atoms with E-state index in [4.69, 9.17) is 0 Å². The number of phenols is 2. The number of rotatable bonds is 1. The fourth-order valence-corrected chi connectivity index (χ4v) is 2.43. The number of carbonyl (C=O) groups excluding carboxylic acids is 1. The number of nitrogens with zero attached hydrogens (tertiary/aromatic N) is 1. The second kappa shape index (κ2) is 5.29. The van der Waals surface area contributed by atoms with E-state index >= 15 is 0 Å². The molecule has 1 amide bonds. The Labute approximate surface area is 107 Å². The Kier molecular flexibility index (Phi) is 3.75. The maximum Gasteiger partial charge on any atom is 0.257 e. The molecular weight excluding hydrogens is 230 g/mol. The van der Waals surface area contributed by atoms with Crippen LogP contribution in [0.25, 0.3) is 0 Å². The third-order valence-electron chi connectivity index (χ3n) is 3.52. The van der Waals surface area contributed by atoms with Crippen LogP contribution in [0.15, 0.2) is 18.2 Å². The van der Waals surface area contributed by atoms with Gasteiger partial charge in [-0.1, -0.05) is 12.8 Å². The zero-order valence-corrected chi connectivity index (χ0v) is 10.6. The summed E-state index contributed by atoms with van der Waals surface area (Å²) in [6.45, 7) is 2.75. The normalized spacial score (nSPS) is 20.5. The van der Waals surface area contributed by atoms with Crippen molar-refractivity contribution in [2.24, 2.45) is 0 Å². The Morgan fingerprint density at radius 2 is 2.06 bits per heavy atom. The molecule has 1 aromatic rings. The number of phenolic OH excluding ortho intramolecular Hbond substituents is 2. The van der Waals surface area contributed by atoms with Gasteiger partial charge in [-0.15, -0.1) is 0 Å². The first-order chi connectivity index (χ1) is 8.59. The number of hydrogen-bond donors (Lipinski definition) is 2. The average Bonchev–Trinajstić information content (AvgIpc) is 2.56. The molecule has 98 valence electrons. The van der Waals surface area contributed by atoms with Gasteiger partial charge in [0.2, 0.25) is 0 Å². The summed E-state index contributed by atoms with van der Waals surface area (Å²) in [4.78, 5) is 14.2. The molecule has 0 aromatic heterocycles. The molecular formula is C14H19NO3. The molecule has 0 spiro atoms. The van der Waals surface area contributed by atoms with Gasteiger partial charge >= 0.3 is 0 Å². The zero-order valence-electron chi connectivity index (χ0n) is 10.6. The molecule has 1 aromatic carbocycles. The minimum Gasteiger partial charge on any atom is -0.508 e. The lowest BCUT2D eigenvalue weighted by atomic mass is 10.1. The first-order valence-electron chi connectivity index (χ1n) is 6.42. The molecule has 0 radical (unpaired) electrons. The SMILES string of the molecule is CC1CCCCCN1C(=O)c1cc(O)ccc1O. The van der Waals surface area contributed by atoms with E-state index in [1.807, 2.05) is 6.92 Å². The smallest absolute Gasteiger partial charge is 0.257 e. The van der Waals surface area contributed by atoms with Crippen molar-refractivity contribution in [3.63, 3.8) is 0 Å². The average molecular weight is 249 g/mol. The van der Waals surface area contributed by atoms with Crippen molar-refractivity contribution in [1.29, 1.82) is 0 Å². The number of aromatic hydroxyl groups is 2. The predicted octanol–water partition coefficient (Wildman–Crippen LogP) is 2.50. The number of likely N-dealkylation sites (tertiary alicyclic amines) is 1. The van der Waals surface area contributed by atoms with Gasteiger partial charge in [-0.05, 0) is 38.0 Å². The Bertz CT molecular complexity index is 445. The van der Waals surface area contributed by atoms with E-state index in [1.165, 1.54) is 18.2 Å². The minimum atomic E-state index is -0.196. The van der Waals surface area contributed by atoms with Gasteiger partial charge in [-0.3, -0.25) is 4.79 Å². The van der Waals surface area contributed by atoms with E-state index < -0.39 is 0 Å². The summed E-state index contributed by atoms with van der Waals surface area (Å²) >= 11 is 0. The van der Waals surface area contributed by atoms with E-state index in [2.05, 4.69) is 0 Å². The number of carbonyl (C=O) groups is 1. The van der Waals surface area contributed by atoms with Crippen LogP contribution in [0.4, 0.5) is 0 Å². The Morgan fingerprint density at radius 1 is 1.28 bits per heavy atom. The summed E-state index contributed by atoms with van der Waals surface area (Å²) in [5.74, 6) is -0.273. The third-order valence-corrected chi connectivity index (χ3v) is 3.52.